The second kappa shape index (κ2) is 5.39. The number of alkyl halides is 9. The molecule has 0 saturated carbocycles. The molecular formula is C7H7Br2F9Si. The molecule has 0 aromatic carbocycles. The lowest BCUT2D eigenvalue weighted by Crippen LogP contribution is -2.60. The molecule has 116 valence electrons. The monoisotopic (exact) mass is 448 g/mol. The molecule has 0 aromatic heterocycles. The summed E-state index contributed by atoms with van der Waals surface area (Å²) in [6, 6.07) is -0.663. The van der Waals surface area contributed by atoms with Gasteiger partial charge in [-0.2, -0.15) is 39.5 Å². The van der Waals surface area contributed by atoms with Gasteiger partial charge < -0.3 is 0 Å². The second-order valence-electron chi connectivity index (χ2n) is 3.92. The summed E-state index contributed by atoms with van der Waals surface area (Å²) < 4.78 is 112. The first-order valence-electron chi connectivity index (χ1n) is 4.54. The lowest BCUT2D eigenvalue weighted by atomic mass is 10.0. The average Bonchev–Trinajstić information content (AvgIpc) is 2.11. The third-order valence-corrected chi connectivity index (χ3v) is 5.59. The number of rotatable bonds is 5. The van der Waals surface area contributed by atoms with Gasteiger partial charge in [-0.1, -0.05) is 6.55 Å². The average molecular weight is 450 g/mol. The van der Waals surface area contributed by atoms with Crippen LogP contribution in [0.2, 0.25) is 12.6 Å². The third kappa shape index (κ3) is 4.25. The molecule has 0 fully saturated rings. The standard InChI is InChI=1S/C7H7Br2F9Si/c1-19(8,9)3-2-4(10,11)5(12,13)6(14,15)7(16,17)18/h2-3H2,1H3. The minimum atomic E-state index is -6.81. The molecule has 0 aliphatic rings. The minimum Gasteiger partial charge on any atom is -0.200 e. The molecule has 0 saturated heterocycles. The van der Waals surface area contributed by atoms with Crippen LogP contribution in [0.3, 0.4) is 0 Å². The van der Waals surface area contributed by atoms with E-state index < -0.39 is 41.7 Å². The normalized spacial score (nSPS) is 15.8. The Morgan fingerprint density at radius 3 is 1.42 bits per heavy atom. The molecule has 0 heterocycles. The van der Waals surface area contributed by atoms with Crippen LogP contribution < -0.4 is 0 Å². The first-order valence-corrected chi connectivity index (χ1v) is 11.8. The summed E-state index contributed by atoms with van der Waals surface area (Å²) in [5.74, 6) is -18.8. The van der Waals surface area contributed by atoms with E-state index in [2.05, 4.69) is 30.6 Å². The van der Waals surface area contributed by atoms with Gasteiger partial charge in [-0.05, 0) is 6.04 Å². The molecule has 0 spiro atoms. The van der Waals surface area contributed by atoms with Gasteiger partial charge in [0.15, 0.2) is 5.31 Å². The van der Waals surface area contributed by atoms with E-state index in [0.717, 1.165) is 0 Å². The van der Waals surface area contributed by atoms with Crippen molar-refractivity contribution in [3.63, 3.8) is 0 Å². The van der Waals surface area contributed by atoms with Crippen molar-refractivity contribution in [3.8, 4) is 0 Å². The highest BCUT2D eigenvalue weighted by Crippen LogP contribution is 2.54. The first-order chi connectivity index (χ1) is 7.96. The Bertz CT molecular complexity index is 320. The van der Waals surface area contributed by atoms with Crippen LogP contribution in [0.4, 0.5) is 39.5 Å². The van der Waals surface area contributed by atoms with Crippen LogP contribution in [0.1, 0.15) is 6.42 Å². The van der Waals surface area contributed by atoms with Gasteiger partial charge in [0.05, 0.1) is 0 Å². The summed E-state index contributed by atoms with van der Waals surface area (Å²) in [6.07, 6.45) is -8.56. The predicted molar refractivity (Wildman–Crippen MR) is 59.8 cm³/mol. The Morgan fingerprint density at radius 2 is 1.16 bits per heavy atom. The maximum Gasteiger partial charge on any atom is 0.460 e. The molecular weight excluding hydrogens is 443 g/mol. The molecule has 12 heteroatoms. The molecule has 0 bridgehead atoms. The summed E-state index contributed by atoms with van der Waals surface area (Å²) in [4.78, 5) is 0. The zero-order valence-electron chi connectivity index (χ0n) is 9.07. The van der Waals surface area contributed by atoms with Crippen molar-refractivity contribution in [2.75, 3.05) is 0 Å². The summed E-state index contributed by atoms with van der Waals surface area (Å²) in [5, 5.41) is -2.67. The van der Waals surface area contributed by atoms with Crippen molar-refractivity contribution >= 4 is 35.9 Å². The molecule has 0 aliphatic heterocycles. The van der Waals surface area contributed by atoms with Crippen LogP contribution in [0.15, 0.2) is 0 Å². The highest BCUT2D eigenvalue weighted by molar-refractivity contribution is 9.51. The second-order valence-corrected chi connectivity index (χ2v) is 20.3. The van der Waals surface area contributed by atoms with Gasteiger partial charge in [0, 0.05) is 6.42 Å². The maximum absolute atomic E-state index is 13.0. The van der Waals surface area contributed by atoms with Crippen LogP contribution in [-0.2, 0) is 0 Å². The molecule has 0 amide bonds. The molecule has 19 heavy (non-hydrogen) atoms. The lowest BCUT2D eigenvalue weighted by molar-refractivity contribution is -0.396. The van der Waals surface area contributed by atoms with Crippen LogP contribution in [0.5, 0.6) is 0 Å². The number of halogens is 11. The highest BCUT2D eigenvalue weighted by atomic mass is 79.9. The van der Waals surface area contributed by atoms with E-state index in [9.17, 15) is 39.5 Å². The minimum absolute atomic E-state index is 0.663. The van der Waals surface area contributed by atoms with E-state index in [1.54, 1.807) is 0 Å². The van der Waals surface area contributed by atoms with Crippen LogP contribution in [-0.4, -0.2) is 29.3 Å². The maximum atomic E-state index is 13.0. The molecule has 0 aromatic rings. The van der Waals surface area contributed by atoms with E-state index in [4.69, 9.17) is 0 Å². The largest absolute Gasteiger partial charge is 0.460 e. The quantitative estimate of drug-likeness (QED) is 0.286. The first kappa shape index (κ1) is 19.5. The van der Waals surface area contributed by atoms with E-state index in [-0.39, 0.29) is 0 Å². The van der Waals surface area contributed by atoms with Gasteiger partial charge in [-0.3, -0.25) is 0 Å². The van der Waals surface area contributed by atoms with E-state index in [0.29, 0.717) is 0 Å². The smallest absolute Gasteiger partial charge is 0.200 e. The fourth-order valence-electron chi connectivity index (χ4n) is 0.941. The molecule has 0 atom stereocenters. The topological polar surface area (TPSA) is 0 Å². The molecule has 0 radical (unpaired) electrons. The van der Waals surface area contributed by atoms with Crippen molar-refractivity contribution in [1.29, 1.82) is 0 Å². The Morgan fingerprint density at radius 1 is 0.789 bits per heavy atom. The molecule has 0 aliphatic carbocycles. The van der Waals surface area contributed by atoms with Crippen LogP contribution >= 0.6 is 30.6 Å². The fourth-order valence-corrected chi connectivity index (χ4v) is 2.88. The van der Waals surface area contributed by atoms with Gasteiger partial charge in [-0.25, -0.2) is 0 Å². The number of hydrogen-bond acceptors (Lipinski definition) is 0. The molecule has 0 N–H and O–H groups in total. The Kier molecular flexibility index (Phi) is 5.55. The fraction of sp³-hybridized carbons (Fsp3) is 1.00. The lowest BCUT2D eigenvalue weighted by Gasteiger charge is -2.34. The van der Waals surface area contributed by atoms with Crippen molar-refractivity contribution in [1.82, 2.24) is 0 Å². The van der Waals surface area contributed by atoms with Gasteiger partial charge in [0.1, 0.15) is 0 Å². The number of hydrogen-bond donors (Lipinski definition) is 0. The SMILES string of the molecule is C[Si](Br)(Br)CCC(F)(F)C(F)(F)C(F)(F)C(F)(F)F. The van der Waals surface area contributed by atoms with E-state index in [1.807, 2.05) is 0 Å². The van der Waals surface area contributed by atoms with Crippen molar-refractivity contribution < 1.29 is 39.5 Å². The van der Waals surface area contributed by atoms with E-state index in [1.165, 1.54) is 6.55 Å². The van der Waals surface area contributed by atoms with E-state index >= 15 is 0 Å². The van der Waals surface area contributed by atoms with Crippen molar-refractivity contribution in [2.45, 2.75) is 43.0 Å². The molecule has 0 unspecified atom stereocenters. The Labute approximate surface area is 118 Å². The predicted octanol–water partition coefficient (Wildman–Crippen LogP) is 5.71. The van der Waals surface area contributed by atoms with Gasteiger partial charge in [-0.15, -0.1) is 30.6 Å². The van der Waals surface area contributed by atoms with Crippen LogP contribution in [0, 0.1) is 0 Å². The van der Waals surface area contributed by atoms with Gasteiger partial charge >= 0.3 is 23.9 Å². The molecule has 0 nitrogen and oxygen atoms in total. The Hall–Kier alpha value is 0.547. The zero-order chi connectivity index (χ0) is 15.9. The summed E-state index contributed by atoms with van der Waals surface area (Å²) in [5.41, 5.74) is 0. The Balaban J connectivity index is 5.28. The van der Waals surface area contributed by atoms with Crippen molar-refractivity contribution in [3.05, 3.63) is 0 Å². The highest BCUT2D eigenvalue weighted by Gasteiger charge is 2.81. The summed E-state index contributed by atoms with van der Waals surface area (Å²) in [6.45, 7) is 1.34. The summed E-state index contributed by atoms with van der Waals surface area (Å²) in [7, 11) is 0. The molecule has 0 rings (SSSR count). The van der Waals surface area contributed by atoms with Crippen LogP contribution in [0.25, 0.3) is 0 Å². The van der Waals surface area contributed by atoms with Gasteiger partial charge in [0.2, 0.25) is 0 Å². The third-order valence-electron chi connectivity index (χ3n) is 2.09. The summed E-state index contributed by atoms with van der Waals surface area (Å²) >= 11 is 5.71. The zero-order valence-corrected chi connectivity index (χ0v) is 13.2. The van der Waals surface area contributed by atoms with Gasteiger partial charge in [0.25, 0.3) is 0 Å². The van der Waals surface area contributed by atoms with Crippen molar-refractivity contribution in [2.24, 2.45) is 0 Å².